The standard InChI is InChI=1S/C22H25NO3/c1-25-21-8-4-3-7-17(21)9-11-20(24)18-10-12-22(26-2)19(15-18)16-23-13-5-6-14-23/h3-4,7-12,15H,5-6,13-14,16H2,1-2H3/b11-9+. The van der Waals surface area contributed by atoms with Gasteiger partial charge in [-0.1, -0.05) is 18.2 Å². The number of likely N-dealkylation sites (tertiary alicyclic amines) is 1. The van der Waals surface area contributed by atoms with Gasteiger partial charge in [0.15, 0.2) is 5.78 Å². The Morgan fingerprint density at radius 1 is 1.04 bits per heavy atom. The fraction of sp³-hybridized carbons (Fsp3) is 0.318. The van der Waals surface area contributed by atoms with Crippen molar-refractivity contribution in [3.63, 3.8) is 0 Å². The van der Waals surface area contributed by atoms with Gasteiger partial charge in [-0.05, 0) is 62.3 Å². The van der Waals surface area contributed by atoms with Gasteiger partial charge >= 0.3 is 0 Å². The molecule has 3 rings (SSSR count). The van der Waals surface area contributed by atoms with Crippen molar-refractivity contribution in [3.05, 3.63) is 65.2 Å². The lowest BCUT2D eigenvalue weighted by molar-refractivity contribution is 0.104. The molecule has 0 bridgehead atoms. The summed E-state index contributed by atoms with van der Waals surface area (Å²) in [5.74, 6) is 1.56. The van der Waals surface area contributed by atoms with Crippen LogP contribution in [0.2, 0.25) is 0 Å². The lowest BCUT2D eigenvalue weighted by Gasteiger charge is -2.17. The van der Waals surface area contributed by atoms with Crippen molar-refractivity contribution in [2.24, 2.45) is 0 Å². The van der Waals surface area contributed by atoms with Gasteiger partial charge in [0.05, 0.1) is 14.2 Å². The van der Waals surface area contributed by atoms with E-state index in [4.69, 9.17) is 9.47 Å². The summed E-state index contributed by atoms with van der Waals surface area (Å²) < 4.78 is 10.8. The number of ether oxygens (including phenoxy) is 2. The molecule has 0 saturated carbocycles. The maximum atomic E-state index is 12.6. The van der Waals surface area contributed by atoms with E-state index in [2.05, 4.69) is 4.90 Å². The summed E-state index contributed by atoms with van der Waals surface area (Å²) in [6.45, 7) is 3.03. The second kappa shape index (κ2) is 8.68. The van der Waals surface area contributed by atoms with E-state index in [0.29, 0.717) is 5.56 Å². The SMILES string of the molecule is COc1ccccc1/C=C/C(=O)c1ccc(OC)c(CN2CCCC2)c1. The summed E-state index contributed by atoms with van der Waals surface area (Å²) in [5, 5.41) is 0. The minimum Gasteiger partial charge on any atom is -0.496 e. The van der Waals surface area contributed by atoms with E-state index in [0.717, 1.165) is 42.3 Å². The van der Waals surface area contributed by atoms with Crippen LogP contribution >= 0.6 is 0 Å². The van der Waals surface area contributed by atoms with Crippen LogP contribution in [0.3, 0.4) is 0 Å². The predicted molar refractivity (Wildman–Crippen MR) is 104 cm³/mol. The Morgan fingerprint density at radius 3 is 2.50 bits per heavy atom. The molecule has 0 amide bonds. The zero-order valence-corrected chi connectivity index (χ0v) is 15.4. The number of hydrogen-bond donors (Lipinski definition) is 0. The number of benzene rings is 2. The van der Waals surface area contributed by atoms with Crippen molar-refractivity contribution >= 4 is 11.9 Å². The Morgan fingerprint density at radius 2 is 1.77 bits per heavy atom. The van der Waals surface area contributed by atoms with Crippen LogP contribution in [-0.4, -0.2) is 38.0 Å². The quantitative estimate of drug-likeness (QED) is 0.554. The largest absolute Gasteiger partial charge is 0.496 e. The first-order chi connectivity index (χ1) is 12.7. The molecular weight excluding hydrogens is 326 g/mol. The zero-order chi connectivity index (χ0) is 18.4. The second-order valence-corrected chi connectivity index (χ2v) is 6.45. The minimum atomic E-state index is -0.0266. The topological polar surface area (TPSA) is 38.8 Å². The molecule has 0 unspecified atom stereocenters. The van der Waals surface area contributed by atoms with Crippen LogP contribution in [0.4, 0.5) is 0 Å². The number of ketones is 1. The van der Waals surface area contributed by atoms with E-state index in [1.807, 2.05) is 42.5 Å². The number of nitrogens with zero attached hydrogens (tertiary/aromatic N) is 1. The Hall–Kier alpha value is -2.59. The Labute approximate surface area is 155 Å². The van der Waals surface area contributed by atoms with E-state index >= 15 is 0 Å². The van der Waals surface area contributed by atoms with Gasteiger partial charge in [0.1, 0.15) is 11.5 Å². The minimum absolute atomic E-state index is 0.0266. The molecule has 1 aliphatic rings. The molecule has 1 aliphatic heterocycles. The summed E-state index contributed by atoms with van der Waals surface area (Å²) in [6.07, 6.45) is 5.87. The van der Waals surface area contributed by atoms with Crippen LogP contribution in [-0.2, 0) is 6.54 Å². The second-order valence-electron chi connectivity index (χ2n) is 6.45. The number of carbonyl (C=O) groups excluding carboxylic acids is 1. The average Bonchev–Trinajstić information content (AvgIpc) is 3.19. The fourth-order valence-corrected chi connectivity index (χ4v) is 3.30. The lowest BCUT2D eigenvalue weighted by Crippen LogP contribution is -2.19. The molecule has 136 valence electrons. The summed E-state index contributed by atoms with van der Waals surface area (Å²) in [4.78, 5) is 15.0. The van der Waals surface area contributed by atoms with Crippen LogP contribution < -0.4 is 9.47 Å². The Kier molecular flexibility index (Phi) is 6.08. The van der Waals surface area contributed by atoms with E-state index in [1.165, 1.54) is 12.8 Å². The van der Waals surface area contributed by atoms with Gasteiger partial charge in [-0.15, -0.1) is 0 Å². The number of para-hydroxylation sites is 1. The first-order valence-corrected chi connectivity index (χ1v) is 8.96. The van der Waals surface area contributed by atoms with E-state index < -0.39 is 0 Å². The van der Waals surface area contributed by atoms with Crippen LogP contribution in [0.25, 0.3) is 6.08 Å². The smallest absolute Gasteiger partial charge is 0.185 e. The van der Waals surface area contributed by atoms with Gasteiger partial charge in [0.2, 0.25) is 0 Å². The fourth-order valence-electron chi connectivity index (χ4n) is 3.30. The monoisotopic (exact) mass is 351 g/mol. The van der Waals surface area contributed by atoms with Crippen molar-refractivity contribution in [1.29, 1.82) is 0 Å². The van der Waals surface area contributed by atoms with Crippen LogP contribution in [0.15, 0.2) is 48.5 Å². The predicted octanol–water partition coefficient (Wildman–Crippen LogP) is 4.20. The van der Waals surface area contributed by atoms with Crippen LogP contribution in [0.5, 0.6) is 11.5 Å². The summed E-state index contributed by atoms with van der Waals surface area (Å²) in [5.41, 5.74) is 2.62. The summed E-state index contributed by atoms with van der Waals surface area (Å²) >= 11 is 0. The highest BCUT2D eigenvalue weighted by Gasteiger charge is 2.15. The molecule has 1 fully saturated rings. The average molecular weight is 351 g/mol. The molecule has 4 heteroatoms. The number of rotatable bonds is 7. The number of allylic oxidation sites excluding steroid dienone is 1. The molecular formula is C22H25NO3. The first-order valence-electron chi connectivity index (χ1n) is 8.96. The summed E-state index contributed by atoms with van der Waals surface area (Å²) in [7, 11) is 3.30. The molecule has 1 saturated heterocycles. The molecule has 2 aromatic carbocycles. The highest BCUT2D eigenvalue weighted by Crippen LogP contribution is 2.24. The van der Waals surface area contributed by atoms with Gasteiger partial charge in [0.25, 0.3) is 0 Å². The number of methoxy groups -OCH3 is 2. The van der Waals surface area contributed by atoms with Gasteiger partial charge in [-0.2, -0.15) is 0 Å². The number of hydrogen-bond acceptors (Lipinski definition) is 4. The molecule has 0 aromatic heterocycles. The van der Waals surface area contributed by atoms with Crippen molar-refractivity contribution in [2.45, 2.75) is 19.4 Å². The molecule has 0 atom stereocenters. The van der Waals surface area contributed by atoms with Crippen LogP contribution in [0.1, 0.15) is 34.3 Å². The van der Waals surface area contributed by atoms with Crippen molar-refractivity contribution in [1.82, 2.24) is 4.90 Å². The maximum absolute atomic E-state index is 12.6. The van der Waals surface area contributed by atoms with Gasteiger partial charge in [-0.25, -0.2) is 0 Å². The molecule has 1 heterocycles. The van der Waals surface area contributed by atoms with E-state index in [1.54, 1.807) is 26.4 Å². The number of carbonyl (C=O) groups is 1. The first kappa shape index (κ1) is 18.2. The zero-order valence-electron chi connectivity index (χ0n) is 15.4. The molecule has 0 N–H and O–H groups in total. The van der Waals surface area contributed by atoms with E-state index in [-0.39, 0.29) is 5.78 Å². The molecule has 26 heavy (non-hydrogen) atoms. The molecule has 0 aliphatic carbocycles. The highest BCUT2D eigenvalue weighted by molar-refractivity contribution is 6.07. The molecule has 0 radical (unpaired) electrons. The van der Waals surface area contributed by atoms with Crippen LogP contribution in [0, 0.1) is 0 Å². The normalized spacial score (nSPS) is 14.7. The third-order valence-electron chi connectivity index (χ3n) is 4.71. The van der Waals surface area contributed by atoms with Crippen molar-refractivity contribution < 1.29 is 14.3 Å². The Bertz CT molecular complexity index is 792. The van der Waals surface area contributed by atoms with Crippen molar-refractivity contribution in [3.8, 4) is 11.5 Å². The summed E-state index contributed by atoms with van der Waals surface area (Å²) in [6, 6.07) is 13.3. The highest BCUT2D eigenvalue weighted by atomic mass is 16.5. The van der Waals surface area contributed by atoms with Crippen molar-refractivity contribution in [2.75, 3.05) is 27.3 Å². The van der Waals surface area contributed by atoms with E-state index in [9.17, 15) is 4.79 Å². The lowest BCUT2D eigenvalue weighted by atomic mass is 10.0. The third kappa shape index (κ3) is 4.33. The molecule has 0 spiro atoms. The van der Waals surface area contributed by atoms with Gasteiger partial charge in [0, 0.05) is 23.2 Å². The maximum Gasteiger partial charge on any atom is 0.185 e. The third-order valence-corrected chi connectivity index (χ3v) is 4.71. The van der Waals surface area contributed by atoms with Gasteiger partial charge < -0.3 is 9.47 Å². The Balaban J connectivity index is 1.79. The molecule has 2 aromatic rings. The van der Waals surface area contributed by atoms with Gasteiger partial charge in [-0.3, -0.25) is 9.69 Å². The molecule has 4 nitrogen and oxygen atoms in total.